The number of aromatic nitrogens is 4. The molecule has 174 valence electrons. The molecule has 11 nitrogen and oxygen atoms in total. The van der Waals surface area contributed by atoms with Crippen molar-refractivity contribution in [1.29, 1.82) is 0 Å². The minimum Gasteiger partial charge on any atom is -0.459 e. The Labute approximate surface area is 190 Å². The van der Waals surface area contributed by atoms with E-state index in [9.17, 15) is 14.7 Å². The quantitative estimate of drug-likeness (QED) is 0.461. The van der Waals surface area contributed by atoms with Gasteiger partial charge in [-0.3, -0.25) is 9.88 Å². The Hall–Kier alpha value is -3.57. The van der Waals surface area contributed by atoms with E-state index in [1.807, 2.05) is 34.9 Å². The number of amides is 2. The van der Waals surface area contributed by atoms with Gasteiger partial charge >= 0.3 is 12.0 Å². The van der Waals surface area contributed by atoms with Crippen LogP contribution in [0.1, 0.15) is 38.0 Å². The van der Waals surface area contributed by atoms with Crippen molar-refractivity contribution >= 4 is 29.0 Å². The second-order valence-corrected chi connectivity index (χ2v) is 7.78. The first kappa shape index (κ1) is 22.6. The molecule has 0 aliphatic carbocycles. The lowest BCUT2D eigenvalue weighted by molar-refractivity contribution is -0.149. The van der Waals surface area contributed by atoms with Gasteiger partial charge in [0.2, 0.25) is 0 Å². The first-order chi connectivity index (χ1) is 16.0. The molecule has 0 saturated carbocycles. The van der Waals surface area contributed by atoms with Gasteiger partial charge in [-0.25, -0.2) is 24.5 Å². The fraction of sp³-hybridized carbons (Fsp3) is 0.409. The highest BCUT2D eigenvalue weighted by Crippen LogP contribution is 2.27. The Balaban J connectivity index is 1.42. The van der Waals surface area contributed by atoms with E-state index in [4.69, 9.17) is 9.47 Å². The minimum atomic E-state index is -1.26. The highest BCUT2D eigenvalue weighted by atomic mass is 16.5. The summed E-state index contributed by atoms with van der Waals surface area (Å²) in [5.41, 5.74) is 1.71. The first-order valence-corrected chi connectivity index (χ1v) is 10.8. The van der Waals surface area contributed by atoms with Crippen molar-refractivity contribution in [3.05, 3.63) is 48.5 Å². The van der Waals surface area contributed by atoms with Gasteiger partial charge in [0.15, 0.2) is 23.0 Å². The number of hydrogen-bond donors (Lipinski definition) is 3. The molecular formula is C22H26N6O5. The Morgan fingerprint density at radius 2 is 2.06 bits per heavy atom. The molecule has 33 heavy (non-hydrogen) atoms. The van der Waals surface area contributed by atoms with Crippen LogP contribution in [0.2, 0.25) is 0 Å². The Kier molecular flexibility index (Phi) is 7.10. The molecule has 0 radical (unpaired) electrons. The third-order valence-corrected chi connectivity index (χ3v) is 5.30. The summed E-state index contributed by atoms with van der Waals surface area (Å²) < 4.78 is 12.9. The molecule has 1 unspecified atom stereocenters. The van der Waals surface area contributed by atoms with Crippen molar-refractivity contribution in [3.8, 4) is 0 Å². The molecule has 11 heteroatoms. The molecule has 1 saturated heterocycles. The number of rotatable bonds is 7. The maximum atomic E-state index is 12.6. The third kappa shape index (κ3) is 5.44. The zero-order valence-electron chi connectivity index (χ0n) is 18.2. The number of carbonyl (C=O) groups excluding carboxylic acids is 2. The SMILES string of the molecule is C[C@@H](O)[C@H](NC(=O)Nc1ncnc2c1ncn2C1CCCCO1)C(=O)OCc1ccccc1. The van der Waals surface area contributed by atoms with E-state index in [1.165, 1.54) is 13.3 Å². The molecule has 1 aliphatic rings. The number of fused-ring (bicyclic) bond motifs is 1. The first-order valence-electron chi connectivity index (χ1n) is 10.8. The van der Waals surface area contributed by atoms with Gasteiger partial charge in [-0.05, 0) is 31.7 Å². The van der Waals surface area contributed by atoms with Crippen LogP contribution in [-0.4, -0.2) is 55.4 Å². The maximum absolute atomic E-state index is 12.6. The van der Waals surface area contributed by atoms with Gasteiger partial charge in [-0.1, -0.05) is 30.3 Å². The number of ether oxygens (including phenoxy) is 2. The van der Waals surface area contributed by atoms with E-state index in [2.05, 4.69) is 25.6 Å². The Morgan fingerprint density at radius 1 is 1.24 bits per heavy atom. The fourth-order valence-electron chi connectivity index (χ4n) is 3.58. The van der Waals surface area contributed by atoms with Gasteiger partial charge in [-0.15, -0.1) is 0 Å². The summed E-state index contributed by atoms with van der Waals surface area (Å²) in [5.74, 6) is -0.579. The van der Waals surface area contributed by atoms with E-state index in [-0.39, 0.29) is 18.7 Å². The second kappa shape index (κ2) is 10.4. The number of benzene rings is 1. The van der Waals surface area contributed by atoms with Crippen molar-refractivity contribution < 1.29 is 24.2 Å². The van der Waals surface area contributed by atoms with Crippen LogP contribution in [0.25, 0.3) is 11.2 Å². The number of aliphatic hydroxyl groups is 1. The number of hydrogen-bond acceptors (Lipinski definition) is 8. The molecule has 3 aromatic rings. The van der Waals surface area contributed by atoms with Crippen LogP contribution >= 0.6 is 0 Å². The van der Waals surface area contributed by atoms with Crippen LogP contribution < -0.4 is 10.6 Å². The molecule has 1 fully saturated rings. The molecule has 3 atom stereocenters. The number of carbonyl (C=O) groups is 2. The lowest BCUT2D eigenvalue weighted by Gasteiger charge is -2.23. The highest BCUT2D eigenvalue weighted by Gasteiger charge is 2.28. The standard InChI is InChI=1S/C22H26N6O5/c1-14(29)17(21(30)33-11-15-7-3-2-4-8-15)26-22(31)27-19-18-20(24-12-23-19)28(13-25-18)16-9-5-6-10-32-16/h2-4,7-8,12-14,16-17,29H,5-6,9-11H2,1H3,(H2,23,24,26,27,31)/t14-,16?,17+/m1/s1. The molecule has 3 heterocycles. The Morgan fingerprint density at radius 3 is 2.79 bits per heavy atom. The lowest BCUT2D eigenvalue weighted by Crippen LogP contribution is -2.50. The van der Waals surface area contributed by atoms with Crippen LogP contribution in [0.15, 0.2) is 43.0 Å². The van der Waals surface area contributed by atoms with Gasteiger partial charge < -0.3 is 19.9 Å². The smallest absolute Gasteiger partial charge is 0.331 e. The van der Waals surface area contributed by atoms with Crippen molar-refractivity contribution in [2.24, 2.45) is 0 Å². The molecular weight excluding hydrogens is 428 g/mol. The summed E-state index contributed by atoms with van der Waals surface area (Å²) >= 11 is 0. The summed E-state index contributed by atoms with van der Waals surface area (Å²) in [6.45, 7) is 2.09. The number of anilines is 1. The monoisotopic (exact) mass is 454 g/mol. The van der Waals surface area contributed by atoms with Crippen molar-refractivity contribution in [3.63, 3.8) is 0 Å². The minimum absolute atomic E-state index is 0.0272. The van der Waals surface area contributed by atoms with Crippen LogP contribution in [0.5, 0.6) is 0 Å². The molecule has 3 N–H and O–H groups in total. The van der Waals surface area contributed by atoms with Crippen LogP contribution in [0, 0.1) is 0 Å². The number of imidazole rings is 1. The van der Waals surface area contributed by atoms with Gasteiger partial charge in [0, 0.05) is 6.61 Å². The number of aliphatic hydroxyl groups excluding tert-OH is 1. The largest absolute Gasteiger partial charge is 0.459 e. The number of nitrogens with zero attached hydrogens (tertiary/aromatic N) is 4. The maximum Gasteiger partial charge on any atom is 0.331 e. The summed E-state index contributed by atoms with van der Waals surface area (Å²) in [6, 6.07) is 7.12. The van der Waals surface area contributed by atoms with Gasteiger partial charge in [0.1, 0.15) is 19.2 Å². The molecule has 0 spiro atoms. The Bertz CT molecular complexity index is 1100. The predicted octanol–water partition coefficient (Wildman–Crippen LogP) is 2.14. The molecule has 1 aromatic carbocycles. The predicted molar refractivity (Wildman–Crippen MR) is 118 cm³/mol. The highest BCUT2D eigenvalue weighted by molar-refractivity contribution is 5.97. The topological polar surface area (TPSA) is 140 Å². The van der Waals surface area contributed by atoms with Crippen molar-refractivity contribution in [2.75, 3.05) is 11.9 Å². The lowest BCUT2D eigenvalue weighted by atomic mass is 10.2. The van der Waals surface area contributed by atoms with Gasteiger partial charge in [0.25, 0.3) is 0 Å². The summed E-state index contributed by atoms with van der Waals surface area (Å²) in [6.07, 6.45) is 4.50. The van der Waals surface area contributed by atoms with Crippen LogP contribution in [0.3, 0.4) is 0 Å². The van der Waals surface area contributed by atoms with E-state index in [0.717, 1.165) is 24.8 Å². The van der Waals surface area contributed by atoms with Crippen molar-refractivity contribution in [2.45, 2.75) is 51.2 Å². The molecule has 0 bridgehead atoms. The van der Waals surface area contributed by atoms with E-state index in [1.54, 1.807) is 6.33 Å². The van der Waals surface area contributed by atoms with E-state index in [0.29, 0.717) is 17.8 Å². The summed E-state index contributed by atoms with van der Waals surface area (Å²) in [7, 11) is 0. The second-order valence-electron chi connectivity index (χ2n) is 7.78. The average Bonchev–Trinajstić information content (AvgIpc) is 3.27. The zero-order valence-corrected chi connectivity index (χ0v) is 18.2. The van der Waals surface area contributed by atoms with Gasteiger partial charge in [-0.2, -0.15) is 0 Å². The average molecular weight is 454 g/mol. The van der Waals surface area contributed by atoms with E-state index >= 15 is 0 Å². The summed E-state index contributed by atoms with van der Waals surface area (Å²) in [5, 5.41) is 15.0. The number of esters is 1. The van der Waals surface area contributed by atoms with Crippen LogP contribution in [0.4, 0.5) is 10.6 Å². The third-order valence-electron chi connectivity index (χ3n) is 5.30. The van der Waals surface area contributed by atoms with Crippen LogP contribution in [-0.2, 0) is 20.9 Å². The van der Waals surface area contributed by atoms with E-state index < -0.39 is 24.1 Å². The molecule has 2 aromatic heterocycles. The molecule has 2 amide bonds. The molecule has 1 aliphatic heterocycles. The van der Waals surface area contributed by atoms with Crippen molar-refractivity contribution in [1.82, 2.24) is 24.8 Å². The molecule has 4 rings (SSSR count). The zero-order chi connectivity index (χ0) is 23.2. The number of urea groups is 1. The fourth-order valence-corrected chi connectivity index (χ4v) is 3.58. The van der Waals surface area contributed by atoms with Gasteiger partial charge in [0.05, 0.1) is 12.4 Å². The summed E-state index contributed by atoms with van der Waals surface area (Å²) in [4.78, 5) is 37.8. The number of nitrogens with one attached hydrogen (secondary N) is 2. The normalized spacial score (nSPS) is 17.8.